The highest BCUT2D eigenvalue weighted by molar-refractivity contribution is 5.90. The molecule has 0 atom stereocenters. The predicted octanol–water partition coefficient (Wildman–Crippen LogP) is 3.54. The van der Waals surface area contributed by atoms with Gasteiger partial charge in [0, 0.05) is 23.5 Å². The maximum Gasteiger partial charge on any atom is 0.267 e. The minimum Gasteiger partial charge on any atom is -0.489 e. The van der Waals surface area contributed by atoms with Crippen molar-refractivity contribution < 1.29 is 9.53 Å². The summed E-state index contributed by atoms with van der Waals surface area (Å²) in [6.07, 6.45) is 1.53. The Bertz CT molecular complexity index is 1200. The Morgan fingerprint density at radius 1 is 0.968 bits per heavy atom. The molecule has 8 heteroatoms. The third-order valence-corrected chi connectivity index (χ3v) is 4.42. The van der Waals surface area contributed by atoms with E-state index < -0.39 is 5.91 Å². The summed E-state index contributed by atoms with van der Waals surface area (Å²) < 4.78 is 5.77. The van der Waals surface area contributed by atoms with Crippen molar-refractivity contribution in [3.63, 3.8) is 0 Å². The van der Waals surface area contributed by atoms with Crippen LogP contribution in [0.1, 0.15) is 16.1 Å². The van der Waals surface area contributed by atoms with Crippen LogP contribution in [0.4, 0.5) is 17.5 Å². The van der Waals surface area contributed by atoms with E-state index in [0.29, 0.717) is 18.2 Å². The number of pyridine rings is 1. The van der Waals surface area contributed by atoms with Crippen molar-refractivity contribution >= 4 is 23.4 Å². The summed E-state index contributed by atoms with van der Waals surface area (Å²) in [5.74, 6) is 0.889. The van der Waals surface area contributed by atoms with E-state index in [0.717, 1.165) is 22.5 Å². The molecule has 8 nitrogen and oxygen atoms in total. The van der Waals surface area contributed by atoms with Gasteiger partial charge in [-0.3, -0.25) is 9.78 Å². The number of aromatic nitrogens is 3. The largest absolute Gasteiger partial charge is 0.489 e. The molecule has 0 saturated heterocycles. The first kappa shape index (κ1) is 19.8. The molecule has 0 unspecified atom stereocenters. The Balaban J connectivity index is 1.43. The molecule has 154 valence electrons. The number of benzene rings is 2. The number of hydrogen-bond acceptors (Lipinski definition) is 7. The first-order chi connectivity index (χ1) is 15.1. The minimum absolute atomic E-state index is 0.191. The number of nitrogens with zero attached hydrogens (tertiary/aromatic N) is 3. The molecule has 0 aliphatic carbocycles. The van der Waals surface area contributed by atoms with Crippen molar-refractivity contribution in [2.75, 3.05) is 11.1 Å². The van der Waals surface area contributed by atoms with Crippen LogP contribution < -0.4 is 21.5 Å². The van der Waals surface area contributed by atoms with Gasteiger partial charge in [-0.15, -0.1) is 0 Å². The molecule has 0 bridgehead atoms. The lowest BCUT2D eigenvalue weighted by molar-refractivity contribution is 0.0995. The van der Waals surface area contributed by atoms with Crippen molar-refractivity contribution in [3.8, 4) is 17.0 Å². The second kappa shape index (κ2) is 8.91. The average Bonchev–Trinajstić information content (AvgIpc) is 2.79. The first-order valence-electron chi connectivity index (χ1n) is 9.51. The number of ether oxygens (including phenoxy) is 1. The zero-order valence-electron chi connectivity index (χ0n) is 16.5. The molecule has 2 aromatic carbocycles. The van der Waals surface area contributed by atoms with E-state index in [1.165, 1.54) is 6.20 Å². The third kappa shape index (κ3) is 5.13. The number of carbonyl (C=O) groups excluding carboxylic acids is 1. The Hall–Kier alpha value is -4.46. The van der Waals surface area contributed by atoms with E-state index in [9.17, 15) is 4.79 Å². The smallest absolute Gasteiger partial charge is 0.267 e. The fourth-order valence-corrected chi connectivity index (χ4v) is 2.93. The van der Waals surface area contributed by atoms with Gasteiger partial charge < -0.3 is 21.5 Å². The van der Waals surface area contributed by atoms with Gasteiger partial charge in [0.1, 0.15) is 23.9 Å². The summed E-state index contributed by atoms with van der Waals surface area (Å²) in [6, 6.07) is 22.4. The quantitative estimate of drug-likeness (QED) is 0.423. The highest BCUT2D eigenvalue weighted by Gasteiger charge is 2.06. The van der Waals surface area contributed by atoms with Crippen LogP contribution in [0.25, 0.3) is 11.3 Å². The van der Waals surface area contributed by atoms with Gasteiger partial charge in [-0.2, -0.15) is 4.98 Å². The van der Waals surface area contributed by atoms with E-state index in [1.54, 1.807) is 12.1 Å². The van der Waals surface area contributed by atoms with Gasteiger partial charge in [0.2, 0.25) is 5.95 Å². The second-order valence-electron chi connectivity index (χ2n) is 6.71. The van der Waals surface area contributed by atoms with Crippen LogP contribution in [0.3, 0.4) is 0 Å². The van der Waals surface area contributed by atoms with Crippen molar-refractivity contribution in [3.05, 3.63) is 90.3 Å². The fourth-order valence-electron chi connectivity index (χ4n) is 2.93. The van der Waals surface area contributed by atoms with Gasteiger partial charge in [0.15, 0.2) is 0 Å². The Labute approximate surface area is 178 Å². The molecule has 31 heavy (non-hydrogen) atoms. The van der Waals surface area contributed by atoms with E-state index >= 15 is 0 Å². The lowest BCUT2D eigenvalue weighted by atomic mass is 10.1. The summed E-state index contributed by atoms with van der Waals surface area (Å²) in [6.45, 7) is 0.290. The zero-order valence-corrected chi connectivity index (χ0v) is 16.5. The number of carbonyl (C=O) groups is 1. The number of nitrogens with two attached hydrogens (primary N) is 2. The first-order valence-corrected chi connectivity index (χ1v) is 9.51. The highest BCUT2D eigenvalue weighted by atomic mass is 16.5. The number of rotatable bonds is 7. The molecular formula is C23H20N6O2. The van der Waals surface area contributed by atoms with Gasteiger partial charge in [0.25, 0.3) is 5.91 Å². The number of hydrogen-bond donors (Lipinski definition) is 3. The van der Waals surface area contributed by atoms with E-state index in [2.05, 4.69) is 20.3 Å². The van der Waals surface area contributed by atoms with Crippen LogP contribution in [0.15, 0.2) is 79.0 Å². The molecule has 0 aliphatic rings. The summed E-state index contributed by atoms with van der Waals surface area (Å²) in [5.41, 5.74) is 14.7. The average molecular weight is 412 g/mol. The lowest BCUT2D eigenvalue weighted by Crippen LogP contribution is -2.13. The molecule has 2 heterocycles. The van der Waals surface area contributed by atoms with Gasteiger partial charge >= 0.3 is 0 Å². The SMILES string of the molecule is NC(=O)c1cc(COc2ccc(Nc3cc(-c4ccccc4)nc(N)n3)cc2)ccn1. The molecule has 4 aromatic rings. The highest BCUT2D eigenvalue weighted by Crippen LogP contribution is 2.24. The van der Waals surface area contributed by atoms with Crippen molar-refractivity contribution in [2.45, 2.75) is 6.61 Å². The number of nitrogens with one attached hydrogen (secondary N) is 1. The molecule has 0 aliphatic heterocycles. The second-order valence-corrected chi connectivity index (χ2v) is 6.71. The molecule has 2 aromatic heterocycles. The Morgan fingerprint density at radius 2 is 1.74 bits per heavy atom. The number of primary amides is 1. The fraction of sp³-hybridized carbons (Fsp3) is 0.0435. The molecule has 1 amide bonds. The van der Waals surface area contributed by atoms with Gasteiger partial charge in [-0.05, 0) is 42.0 Å². The standard InChI is InChI=1S/C23H20N6O2/c24-22(30)20-12-15(10-11-26-20)14-31-18-8-6-17(7-9-18)27-21-13-19(28-23(25)29-21)16-4-2-1-3-5-16/h1-13H,14H2,(H2,24,30)(H3,25,27,28,29). The molecule has 0 saturated carbocycles. The maximum absolute atomic E-state index is 11.2. The number of nitrogen functional groups attached to an aromatic ring is 1. The van der Waals surface area contributed by atoms with E-state index in [-0.39, 0.29) is 11.6 Å². The van der Waals surface area contributed by atoms with Crippen molar-refractivity contribution in [2.24, 2.45) is 5.73 Å². The van der Waals surface area contributed by atoms with Crippen LogP contribution in [-0.4, -0.2) is 20.9 Å². The van der Waals surface area contributed by atoms with Gasteiger partial charge in [-0.1, -0.05) is 30.3 Å². The Kier molecular flexibility index (Phi) is 5.70. The summed E-state index contributed by atoms with van der Waals surface area (Å²) >= 11 is 0. The van der Waals surface area contributed by atoms with Crippen molar-refractivity contribution in [1.82, 2.24) is 15.0 Å². The Morgan fingerprint density at radius 3 is 2.48 bits per heavy atom. The molecule has 0 spiro atoms. The molecule has 0 radical (unpaired) electrons. The lowest BCUT2D eigenvalue weighted by Gasteiger charge is -2.10. The van der Waals surface area contributed by atoms with Gasteiger partial charge in [0.05, 0.1) is 5.69 Å². The van der Waals surface area contributed by atoms with Gasteiger partial charge in [-0.25, -0.2) is 4.98 Å². The summed E-state index contributed by atoms with van der Waals surface area (Å²) in [5, 5.41) is 3.23. The number of amides is 1. The topological polar surface area (TPSA) is 129 Å². The maximum atomic E-state index is 11.2. The van der Waals surface area contributed by atoms with Crippen LogP contribution >= 0.6 is 0 Å². The monoisotopic (exact) mass is 412 g/mol. The van der Waals surface area contributed by atoms with Crippen LogP contribution in [0.2, 0.25) is 0 Å². The van der Waals surface area contributed by atoms with Crippen LogP contribution in [0, 0.1) is 0 Å². The number of anilines is 3. The van der Waals surface area contributed by atoms with E-state index in [1.807, 2.05) is 60.7 Å². The third-order valence-electron chi connectivity index (χ3n) is 4.42. The van der Waals surface area contributed by atoms with Crippen molar-refractivity contribution in [1.29, 1.82) is 0 Å². The minimum atomic E-state index is -0.571. The predicted molar refractivity (Wildman–Crippen MR) is 119 cm³/mol. The normalized spacial score (nSPS) is 10.5. The van der Waals surface area contributed by atoms with Crippen LogP contribution in [-0.2, 0) is 6.61 Å². The summed E-state index contributed by atoms with van der Waals surface area (Å²) in [4.78, 5) is 23.7. The molecular weight excluding hydrogens is 392 g/mol. The molecule has 5 N–H and O–H groups in total. The molecule has 4 rings (SSSR count). The zero-order chi connectivity index (χ0) is 21.6. The van der Waals surface area contributed by atoms with E-state index in [4.69, 9.17) is 16.2 Å². The summed E-state index contributed by atoms with van der Waals surface area (Å²) in [7, 11) is 0. The molecule has 0 fully saturated rings. The van der Waals surface area contributed by atoms with Crippen LogP contribution in [0.5, 0.6) is 5.75 Å².